The van der Waals surface area contributed by atoms with Crippen LogP contribution >= 0.6 is 0 Å². The normalized spacial score (nSPS) is 20.6. The molecule has 0 spiro atoms. The summed E-state index contributed by atoms with van der Waals surface area (Å²) in [6, 6.07) is 6.09. The molecular weight excluding hydrogens is 312 g/mol. The van der Waals surface area contributed by atoms with Crippen LogP contribution in [0, 0.1) is 5.41 Å². The highest BCUT2D eigenvalue weighted by Crippen LogP contribution is 2.33. The molecule has 1 saturated heterocycles. The van der Waals surface area contributed by atoms with E-state index < -0.39 is 0 Å². The van der Waals surface area contributed by atoms with E-state index in [0.29, 0.717) is 0 Å². The van der Waals surface area contributed by atoms with Gasteiger partial charge < -0.3 is 14.5 Å². The van der Waals surface area contributed by atoms with E-state index in [0.717, 1.165) is 57.0 Å². The number of imidazole rings is 1. The van der Waals surface area contributed by atoms with Crippen molar-refractivity contribution < 1.29 is 9.31 Å². The third kappa shape index (κ3) is 3.76. The van der Waals surface area contributed by atoms with Crippen molar-refractivity contribution in [2.45, 2.75) is 33.2 Å². The third-order valence-corrected chi connectivity index (χ3v) is 5.00. The van der Waals surface area contributed by atoms with Gasteiger partial charge >= 0.3 is 0 Å². The number of nitrogens with one attached hydrogen (secondary N) is 1. The molecule has 0 aromatic carbocycles. The third-order valence-electron chi connectivity index (χ3n) is 5.00. The summed E-state index contributed by atoms with van der Waals surface area (Å²) in [5, 5.41) is 3.63. The lowest BCUT2D eigenvalue weighted by atomic mass is 9.78. The Morgan fingerprint density at radius 2 is 2.08 bits per heavy atom. The first-order valence-corrected chi connectivity index (χ1v) is 9.15. The second kappa shape index (κ2) is 6.64. The Morgan fingerprint density at radius 3 is 2.88 bits per heavy atom. The van der Waals surface area contributed by atoms with E-state index in [1.807, 2.05) is 24.4 Å². The fourth-order valence-electron chi connectivity index (χ4n) is 3.82. The van der Waals surface area contributed by atoms with Crippen LogP contribution < -0.4 is 5.32 Å². The Morgan fingerprint density at radius 1 is 1.24 bits per heavy atom. The summed E-state index contributed by atoms with van der Waals surface area (Å²) in [4.78, 5) is 4.68. The minimum atomic E-state index is 0.281. The van der Waals surface area contributed by atoms with Gasteiger partial charge in [-0.2, -0.15) is 0 Å². The zero-order chi connectivity index (χ0) is 17.3. The molecule has 1 aliphatic heterocycles. The van der Waals surface area contributed by atoms with Crippen LogP contribution in [0.25, 0.3) is 5.65 Å². The van der Waals surface area contributed by atoms with Crippen molar-refractivity contribution in [3.8, 4) is 0 Å². The molecule has 5 heteroatoms. The lowest BCUT2D eigenvalue weighted by Gasteiger charge is -2.30. The van der Waals surface area contributed by atoms with Crippen LogP contribution in [0.4, 0.5) is 0 Å². The Bertz CT molecular complexity index is 790. The zero-order valence-electron chi connectivity index (χ0n) is 15.2. The summed E-state index contributed by atoms with van der Waals surface area (Å²) >= 11 is 0. The van der Waals surface area contributed by atoms with E-state index in [1.165, 1.54) is 11.4 Å². The van der Waals surface area contributed by atoms with E-state index in [-0.39, 0.29) is 5.41 Å². The summed E-state index contributed by atoms with van der Waals surface area (Å²) in [6.45, 7) is 9.15. The maximum Gasteiger partial charge on any atom is 0.178 e. The Hall–Kier alpha value is -2.14. The highest BCUT2D eigenvalue weighted by atomic mass is 16.5. The van der Waals surface area contributed by atoms with Gasteiger partial charge in [-0.1, -0.05) is 19.9 Å². The van der Waals surface area contributed by atoms with Crippen LogP contribution in [0.15, 0.2) is 42.4 Å². The molecule has 1 aliphatic carbocycles. The standard InChI is InChI=1S/C20H26N4O/c1-20(2)12-16(11-18(13-20)23-7-9-25-10-8-23)21-14-17-15-24-6-4-3-5-19(24)22-17/h3-6,11,15H,7-10,12-14H2,1-2H3/p+1. The largest absolute Gasteiger partial charge is 0.382 e. The van der Waals surface area contributed by atoms with Crippen LogP contribution in [-0.4, -0.2) is 46.0 Å². The van der Waals surface area contributed by atoms with Gasteiger partial charge in [0.2, 0.25) is 0 Å². The molecule has 0 radical (unpaired) electrons. The number of hydrogen-bond donors (Lipinski definition) is 1. The van der Waals surface area contributed by atoms with Gasteiger partial charge in [0.1, 0.15) is 18.9 Å². The van der Waals surface area contributed by atoms with Crippen molar-refractivity contribution in [1.82, 2.24) is 14.7 Å². The molecule has 5 nitrogen and oxygen atoms in total. The van der Waals surface area contributed by atoms with E-state index in [9.17, 15) is 0 Å². The molecule has 0 amide bonds. The monoisotopic (exact) mass is 339 g/mol. The summed E-state index contributed by atoms with van der Waals surface area (Å²) < 4.78 is 10.1. The Balaban J connectivity index is 1.52. The number of hydrogen-bond acceptors (Lipinski definition) is 3. The van der Waals surface area contributed by atoms with Gasteiger partial charge in [-0.15, -0.1) is 0 Å². The SMILES string of the molecule is CC1(C)CC(NCc2cn3ccccc3n2)=CC(=[N+]2CCOCC2)C1. The van der Waals surface area contributed by atoms with Gasteiger partial charge in [0, 0.05) is 30.6 Å². The summed E-state index contributed by atoms with van der Waals surface area (Å²) in [6.07, 6.45) is 8.70. The molecule has 3 heterocycles. The van der Waals surface area contributed by atoms with Gasteiger partial charge in [-0.3, -0.25) is 0 Å². The Labute approximate surface area is 149 Å². The molecule has 132 valence electrons. The highest BCUT2D eigenvalue weighted by molar-refractivity contribution is 5.92. The molecule has 2 aromatic heterocycles. The highest BCUT2D eigenvalue weighted by Gasteiger charge is 2.31. The topological polar surface area (TPSA) is 41.6 Å². The van der Waals surface area contributed by atoms with Crippen molar-refractivity contribution in [2.75, 3.05) is 26.3 Å². The number of ether oxygens (including phenoxy) is 1. The van der Waals surface area contributed by atoms with Gasteiger partial charge in [-0.05, 0) is 24.0 Å². The number of nitrogens with zero attached hydrogens (tertiary/aromatic N) is 3. The fourth-order valence-corrected chi connectivity index (χ4v) is 3.82. The molecule has 2 aliphatic rings. The molecule has 0 saturated carbocycles. The van der Waals surface area contributed by atoms with Gasteiger partial charge in [0.15, 0.2) is 18.8 Å². The first-order chi connectivity index (χ1) is 12.1. The number of morpholine rings is 1. The van der Waals surface area contributed by atoms with Crippen LogP contribution in [0.3, 0.4) is 0 Å². The van der Waals surface area contributed by atoms with Crippen molar-refractivity contribution in [1.29, 1.82) is 0 Å². The molecule has 2 aromatic rings. The second-order valence-corrected chi connectivity index (χ2v) is 7.83. The molecule has 0 bridgehead atoms. The Kier molecular flexibility index (Phi) is 4.34. The second-order valence-electron chi connectivity index (χ2n) is 7.83. The smallest absolute Gasteiger partial charge is 0.178 e. The average molecular weight is 339 g/mol. The number of rotatable bonds is 3. The quantitative estimate of drug-likeness (QED) is 0.874. The predicted octanol–water partition coefficient (Wildman–Crippen LogP) is 2.61. The van der Waals surface area contributed by atoms with Gasteiger partial charge in [0.25, 0.3) is 0 Å². The lowest BCUT2D eigenvalue weighted by molar-refractivity contribution is -0.550. The molecular formula is C20H27N4O+. The first kappa shape index (κ1) is 16.3. The predicted molar refractivity (Wildman–Crippen MR) is 99.0 cm³/mol. The van der Waals surface area contributed by atoms with Crippen LogP contribution in [0.5, 0.6) is 0 Å². The van der Waals surface area contributed by atoms with Crippen LogP contribution in [0.1, 0.15) is 32.4 Å². The minimum absolute atomic E-state index is 0.281. The molecule has 1 fully saturated rings. The van der Waals surface area contributed by atoms with E-state index in [4.69, 9.17) is 4.74 Å². The van der Waals surface area contributed by atoms with Gasteiger partial charge in [-0.25, -0.2) is 9.56 Å². The first-order valence-electron chi connectivity index (χ1n) is 9.15. The van der Waals surface area contributed by atoms with Crippen LogP contribution in [0.2, 0.25) is 0 Å². The van der Waals surface area contributed by atoms with Crippen molar-refractivity contribution in [2.24, 2.45) is 5.41 Å². The number of allylic oxidation sites excluding steroid dienone is 2. The fraction of sp³-hybridized carbons (Fsp3) is 0.500. The average Bonchev–Trinajstić information content (AvgIpc) is 3.02. The van der Waals surface area contributed by atoms with Gasteiger partial charge in [0.05, 0.1) is 12.2 Å². The molecule has 1 N–H and O–H groups in total. The van der Waals surface area contributed by atoms with Crippen molar-refractivity contribution in [3.63, 3.8) is 0 Å². The van der Waals surface area contributed by atoms with Crippen molar-refractivity contribution >= 4 is 11.4 Å². The molecule has 0 unspecified atom stereocenters. The minimum Gasteiger partial charge on any atom is -0.382 e. The number of pyridine rings is 1. The summed E-state index contributed by atoms with van der Waals surface area (Å²) in [7, 11) is 0. The molecule has 0 atom stereocenters. The molecule has 4 rings (SSSR count). The number of aromatic nitrogens is 2. The van der Waals surface area contributed by atoms with Crippen molar-refractivity contribution in [3.05, 3.63) is 48.1 Å². The van der Waals surface area contributed by atoms with E-state index in [1.54, 1.807) is 0 Å². The van der Waals surface area contributed by atoms with Crippen LogP contribution in [-0.2, 0) is 11.3 Å². The molecule has 25 heavy (non-hydrogen) atoms. The number of fused-ring (bicyclic) bond motifs is 1. The summed E-state index contributed by atoms with van der Waals surface area (Å²) in [5.41, 5.74) is 5.11. The van der Waals surface area contributed by atoms with E-state index >= 15 is 0 Å². The zero-order valence-corrected chi connectivity index (χ0v) is 15.2. The maximum absolute atomic E-state index is 5.50. The van der Waals surface area contributed by atoms with E-state index in [2.05, 4.69) is 45.4 Å². The summed E-state index contributed by atoms with van der Waals surface area (Å²) in [5.74, 6) is 0. The maximum atomic E-state index is 5.50. The lowest BCUT2D eigenvalue weighted by Crippen LogP contribution is -2.37.